The van der Waals surface area contributed by atoms with Crippen molar-refractivity contribution in [1.29, 1.82) is 0 Å². The lowest BCUT2D eigenvalue weighted by Crippen LogP contribution is -2.24. The minimum Gasteiger partial charge on any atom is -0.465 e. The van der Waals surface area contributed by atoms with Gasteiger partial charge in [-0.2, -0.15) is 0 Å². The third-order valence-corrected chi connectivity index (χ3v) is 4.37. The van der Waals surface area contributed by atoms with Crippen LogP contribution < -0.4 is 10.6 Å². The van der Waals surface area contributed by atoms with Crippen LogP contribution in [-0.2, 0) is 11.2 Å². The van der Waals surface area contributed by atoms with Gasteiger partial charge in [0, 0.05) is 18.4 Å². The molecule has 0 atom stereocenters. The number of esters is 1. The Bertz CT molecular complexity index is 939. The van der Waals surface area contributed by atoms with Crippen molar-refractivity contribution in [2.75, 3.05) is 19.0 Å². The fourth-order valence-electron chi connectivity index (χ4n) is 2.80. The number of nitrogens with zero attached hydrogens (tertiary/aromatic N) is 1. The molecule has 6 heteroatoms. The highest BCUT2D eigenvalue weighted by atomic mass is 16.5. The van der Waals surface area contributed by atoms with E-state index in [-0.39, 0.29) is 11.9 Å². The highest BCUT2D eigenvalue weighted by molar-refractivity contribution is 5.94. The van der Waals surface area contributed by atoms with Crippen LogP contribution in [0.25, 0.3) is 0 Å². The summed E-state index contributed by atoms with van der Waals surface area (Å²) in [5.41, 5.74) is 3.03. The summed E-state index contributed by atoms with van der Waals surface area (Å²) in [5, 5.41) is 6.05. The second-order valence-electron chi connectivity index (χ2n) is 6.47. The lowest BCUT2D eigenvalue weighted by atomic mass is 10.1. The van der Waals surface area contributed by atoms with Gasteiger partial charge in [-0.25, -0.2) is 9.78 Å². The number of amides is 1. The van der Waals surface area contributed by atoms with E-state index in [0.717, 1.165) is 18.5 Å². The molecule has 0 spiro atoms. The summed E-state index contributed by atoms with van der Waals surface area (Å²) in [5.74, 6) is 0.0878. The fraction of sp³-hybridized carbons (Fsp3) is 0.174. The molecule has 3 aromatic rings. The normalized spacial score (nSPS) is 10.2. The molecule has 0 aliphatic carbocycles. The van der Waals surface area contributed by atoms with E-state index in [1.54, 1.807) is 36.4 Å². The molecule has 1 amide bonds. The number of benzene rings is 2. The highest BCUT2D eigenvalue weighted by Crippen LogP contribution is 2.16. The van der Waals surface area contributed by atoms with Crippen LogP contribution in [0.4, 0.5) is 11.5 Å². The molecule has 0 radical (unpaired) electrons. The number of hydrogen-bond donors (Lipinski definition) is 2. The summed E-state index contributed by atoms with van der Waals surface area (Å²) in [7, 11) is 1.35. The average molecular weight is 389 g/mol. The van der Waals surface area contributed by atoms with Crippen LogP contribution in [-0.4, -0.2) is 30.5 Å². The molecule has 0 unspecified atom stereocenters. The van der Waals surface area contributed by atoms with Crippen LogP contribution in [0.5, 0.6) is 0 Å². The largest absolute Gasteiger partial charge is 0.465 e. The van der Waals surface area contributed by atoms with Crippen LogP contribution in [0.3, 0.4) is 0 Å². The van der Waals surface area contributed by atoms with E-state index >= 15 is 0 Å². The maximum Gasteiger partial charge on any atom is 0.337 e. The van der Waals surface area contributed by atoms with Gasteiger partial charge in [-0.15, -0.1) is 0 Å². The molecule has 29 heavy (non-hydrogen) atoms. The standard InChI is InChI=1S/C23H23N3O3/c1-29-23(28)18-9-12-20(13-10-18)26-21-14-11-19(16-25-21)22(27)24-15-5-8-17-6-3-2-4-7-17/h2-4,6-7,9-14,16H,5,8,15H2,1H3,(H,24,27)(H,25,26). The van der Waals surface area contributed by atoms with Crippen LogP contribution in [0.1, 0.15) is 32.7 Å². The zero-order valence-electron chi connectivity index (χ0n) is 16.2. The molecular weight excluding hydrogens is 366 g/mol. The number of methoxy groups -OCH3 is 1. The van der Waals surface area contributed by atoms with E-state index < -0.39 is 0 Å². The van der Waals surface area contributed by atoms with E-state index in [1.165, 1.54) is 18.9 Å². The maximum absolute atomic E-state index is 12.2. The van der Waals surface area contributed by atoms with E-state index in [1.807, 2.05) is 18.2 Å². The molecule has 1 heterocycles. The van der Waals surface area contributed by atoms with Gasteiger partial charge in [0.2, 0.25) is 0 Å². The van der Waals surface area contributed by atoms with Gasteiger partial charge in [0.05, 0.1) is 18.2 Å². The number of hydrogen-bond acceptors (Lipinski definition) is 5. The van der Waals surface area contributed by atoms with Crippen molar-refractivity contribution in [3.05, 3.63) is 89.6 Å². The molecule has 2 aromatic carbocycles. The molecule has 0 fully saturated rings. The van der Waals surface area contributed by atoms with Crippen LogP contribution >= 0.6 is 0 Å². The molecule has 0 aliphatic rings. The number of anilines is 2. The van der Waals surface area contributed by atoms with Gasteiger partial charge in [-0.3, -0.25) is 4.79 Å². The Labute approximate surface area is 169 Å². The summed E-state index contributed by atoms with van der Waals surface area (Å²) in [6, 6.07) is 20.5. The van der Waals surface area contributed by atoms with E-state index in [0.29, 0.717) is 23.5 Å². The highest BCUT2D eigenvalue weighted by Gasteiger charge is 2.07. The van der Waals surface area contributed by atoms with Crippen molar-refractivity contribution in [3.63, 3.8) is 0 Å². The number of carbonyl (C=O) groups excluding carboxylic acids is 2. The quantitative estimate of drug-likeness (QED) is 0.450. The molecule has 1 aromatic heterocycles. The molecule has 2 N–H and O–H groups in total. The Kier molecular flexibility index (Phi) is 6.95. The van der Waals surface area contributed by atoms with Gasteiger partial charge < -0.3 is 15.4 Å². The predicted molar refractivity (Wildman–Crippen MR) is 112 cm³/mol. The molecule has 0 saturated carbocycles. The molecule has 0 bridgehead atoms. The number of rotatable bonds is 8. The lowest BCUT2D eigenvalue weighted by Gasteiger charge is -2.08. The average Bonchev–Trinajstić information content (AvgIpc) is 2.78. The van der Waals surface area contributed by atoms with Crippen LogP contribution in [0.2, 0.25) is 0 Å². The molecule has 6 nitrogen and oxygen atoms in total. The third-order valence-electron chi connectivity index (χ3n) is 4.37. The van der Waals surface area contributed by atoms with Crippen molar-refractivity contribution >= 4 is 23.4 Å². The maximum atomic E-state index is 12.2. The van der Waals surface area contributed by atoms with E-state index in [2.05, 4.69) is 32.5 Å². The summed E-state index contributed by atoms with van der Waals surface area (Å²) < 4.78 is 4.68. The van der Waals surface area contributed by atoms with Gasteiger partial charge in [0.15, 0.2) is 0 Å². The van der Waals surface area contributed by atoms with Crippen molar-refractivity contribution in [2.24, 2.45) is 0 Å². The Morgan fingerprint density at radius 2 is 1.66 bits per heavy atom. The molecule has 148 valence electrons. The number of nitrogens with one attached hydrogen (secondary N) is 2. The van der Waals surface area contributed by atoms with Gasteiger partial charge in [0.1, 0.15) is 5.82 Å². The number of ether oxygens (including phenoxy) is 1. The molecule has 3 rings (SSSR count). The topological polar surface area (TPSA) is 80.3 Å². The number of aryl methyl sites for hydroxylation is 1. The number of carbonyl (C=O) groups is 2. The second-order valence-corrected chi connectivity index (χ2v) is 6.47. The van der Waals surface area contributed by atoms with Gasteiger partial charge in [-0.1, -0.05) is 30.3 Å². The summed E-state index contributed by atoms with van der Waals surface area (Å²) in [4.78, 5) is 28.0. The summed E-state index contributed by atoms with van der Waals surface area (Å²) >= 11 is 0. The third kappa shape index (κ3) is 5.90. The zero-order chi connectivity index (χ0) is 20.5. The number of aromatic nitrogens is 1. The van der Waals surface area contributed by atoms with Crippen molar-refractivity contribution in [1.82, 2.24) is 10.3 Å². The van der Waals surface area contributed by atoms with Crippen LogP contribution in [0.15, 0.2) is 72.9 Å². The SMILES string of the molecule is COC(=O)c1ccc(Nc2ccc(C(=O)NCCCc3ccccc3)cn2)cc1. The van der Waals surface area contributed by atoms with Crippen molar-refractivity contribution in [2.45, 2.75) is 12.8 Å². The second kappa shape index (κ2) is 10.0. The molecule has 0 saturated heterocycles. The van der Waals surface area contributed by atoms with Crippen molar-refractivity contribution in [3.8, 4) is 0 Å². The Hall–Kier alpha value is -3.67. The monoisotopic (exact) mass is 389 g/mol. The Morgan fingerprint density at radius 1 is 0.931 bits per heavy atom. The zero-order valence-corrected chi connectivity index (χ0v) is 16.2. The first kappa shape index (κ1) is 20.1. The molecule has 0 aliphatic heterocycles. The fourth-order valence-corrected chi connectivity index (χ4v) is 2.80. The summed E-state index contributed by atoms with van der Waals surface area (Å²) in [6.45, 7) is 0.611. The summed E-state index contributed by atoms with van der Waals surface area (Å²) in [6.07, 6.45) is 3.35. The van der Waals surface area contributed by atoms with E-state index in [9.17, 15) is 9.59 Å². The van der Waals surface area contributed by atoms with Gasteiger partial charge >= 0.3 is 5.97 Å². The van der Waals surface area contributed by atoms with E-state index in [4.69, 9.17) is 0 Å². The van der Waals surface area contributed by atoms with Gasteiger partial charge in [0.25, 0.3) is 5.91 Å². The minimum atomic E-state index is -0.381. The van der Waals surface area contributed by atoms with Gasteiger partial charge in [-0.05, 0) is 54.8 Å². The number of pyridine rings is 1. The Morgan fingerprint density at radius 3 is 2.31 bits per heavy atom. The smallest absolute Gasteiger partial charge is 0.337 e. The first-order valence-corrected chi connectivity index (χ1v) is 9.39. The van der Waals surface area contributed by atoms with Crippen molar-refractivity contribution < 1.29 is 14.3 Å². The predicted octanol–water partition coefficient (Wildman–Crippen LogP) is 3.97. The first-order valence-electron chi connectivity index (χ1n) is 9.39. The lowest BCUT2D eigenvalue weighted by molar-refractivity contribution is 0.0600. The minimum absolute atomic E-state index is 0.139. The van der Waals surface area contributed by atoms with Crippen LogP contribution in [0, 0.1) is 0 Å². The Balaban J connectivity index is 1.47. The molecular formula is C23H23N3O3. The first-order chi connectivity index (χ1) is 14.2.